The Morgan fingerprint density at radius 1 is 0.919 bits per heavy atom. The van der Waals surface area contributed by atoms with Crippen molar-refractivity contribution < 1.29 is 18.0 Å². The summed E-state index contributed by atoms with van der Waals surface area (Å²) in [7, 11) is 5.59. The quantitative estimate of drug-likeness (QED) is 0.312. The van der Waals surface area contributed by atoms with Gasteiger partial charge in [-0.1, -0.05) is 18.2 Å². The summed E-state index contributed by atoms with van der Waals surface area (Å²) in [6, 6.07) is 16.7. The Bertz CT molecular complexity index is 1430. The summed E-state index contributed by atoms with van der Waals surface area (Å²) < 4.78 is 40.5. The molecule has 4 rings (SSSR count). The van der Waals surface area contributed by atoms with Crippen LogP contribution in [0.5, 0.6) is 0 Å². The van der Waals surface area contributed by atoms with Gasteiger partial charge in [0.2, 0.25) is 0 Å². The molecule has 0 radical (unpaired) electrons. The molecule has 0 unspecified atom stereocenters. The number of nitrogens with zero attached hydrogens (tertiary/aromatic N) is 3. The van der Waals surface area contributed by atoms with Crippen LogP contribution in [0.1, 0.15) is 21.5 Å². The number of hydrogen-bond acceptors (Lipinski definition) is 4. The lowest BCUT2D eigenvalue weighted by atomic mass is 9.97. The fraction of sp³-hybridized carbons (Fsp3) is 0.241. The largest absolute Gasteiger partial charge is 0.416 e. The second kappa shape index (κ2) is 10.6. The molecule has 8 heteroatoms. The summed E-state index contributed by atoms with van der Waals surface area (Å²) in [4.78, 5) is 21.3. The maximum absolute atomic E-state index is 13.5. The minimum absolute atomic E-state index is 0.0324. The summed E-state index contributed by atoms with van der Waals surface area (Å²) >= 11 is 0. The van der Waals surface area contributed by atoms with Gasteiger partial charge in [0, 0.05) is 49.3 Å². The number of nitrogens with one attached hydrogen (secondary N) is 1. The first-order chi connectivity index (χ1) is 17.5. The van der Waals surface area contributed by atoms with Crippen LogP contribution in [0.3, 0.4) is 0 Å². The Morgan fingerprint density at radius 2 is 1.70 bits per heavy atom. The second-order valence-electron chi connectivity index (χ2n) is 9.38. The van der Waals surface area contributed by atoms with Crippen LogP contribution in [0.25, 0.3) is 21.9 Å². The molecule has 0 fully saturated rings. The van der Waals surface area contributed by atoms with E-state index in [0.717, 1.165) is 39.6 Å². The smallest absolute Gasteiger partial charge is 0.373 e. The zero-order valence-corrected chi connectivity index (χ0v) is 21.2. The number of halogens is 3. The highest BCUT2D eigenvalue weighted by molar-refractivity contribution is 6.08. The number of benzene rings is 3. The minimum atomic E-state index is -4.56. The Labute approximate surface area is 214 Å². The summed E-state index contributed by atoms with van der Waals surface area (Å²) in [6.45, 7) is 3.20. The molecule has 0 aliphatic carbocycles. The predicted octanol–water partition coefficient (Wildman–Crippen LogP) is 6.48. The van der Waals surface area contributed by atoms with Gasteiger partial charge in [-0.25, -0.2) is 0 Å². The van der Waals surface area contributed by atoms with Crippen molar-refractivity contribution in [1.82, 2.24) is 9.88 Å². The van der Waals surface area contributed by atoms with Crippen molar-refractivity contribution in [2.75, 3.05) is 44.4 Å². The molecule has 37 heavy (non-hydrogen) atoms. The fourth-order valence-electron chi connectivity index (χ4n) is 4.16. The van der Waals surface area contributed by atoms with Crippen LogP contribution in [0, 0.1) is 6.92 Å². The van der Waals surface area contributed by atoms with Crippen LogP contribution in [0.15, 0.2) is 73.1 Å². The molecule has 4 aromatic rings. The van der Waals surface area contributed by atoms with Crippen LogP contribution >= 0.6 is 0 Å². The lowest BCUT2D eigenvalue weighted by Gasteiger charge is -2.24. The monoisotopic (exact) mass is 506 g/mol. The van der Waals surface area contributed by atoms with E-state index in [2.05, 4.69) is 10.3 Å². The Morgan fingerprint density at radius 3 is 2.43 bits per heavy atom. The fourth-order valence-corrected chi connectivity index (χ4v) is 4.16. The van der Waals surface area contributed by atoms with Crippen LogP contribution in [0.4, 0.5) is 24.5 Å². The van der Waals surface area contributed by atoms with Crippen LogP contribution < -0.4 is 10.2 Å². The van der Waals surface area contributed by atoms with Gasteiger partial charge in [0.1, 0.15) is 0 Å². The number of amides is 1. The molecule has 1 amide bonds. The summed E-state index contributed by atoms with van der Waals surface area (Å²) in [6.07, 6.45) is -1.02. The molecule has 0 saturated heterocycles. The van der Waals surface area contributed by atoms with Gasteiger partial charge in [0.25, 0.3) is 5.91 Å². The highest BCUT2D eigenvalue weighted by Crippen LogP contribution is 2.34. The van der Waals surface area contributed by atoms with Gasteiger partial charge in [-0.3, -0.25) is 9.78 Å². The van der Waals surface area contributed by atoms with Crippen LogP contribution in [-0.4, -0.2) is 50.0 Å². The van der Waals surface area contributed by atoms with Crippen molar-refractivity contribution in [3.8, 4) is 11.1 Å². The average molecular weight is 507 g/mol. The number of fused-ring (bicyclic) bond motifs is 1. The molecule has 5 nitrogen and oxygen atoms in total. The van der Waals surface area contributed by atoms with Gasteiger partial charge in [0.15, 0.2) is 0 Å². The number of aromatic nitrogens is 1. The Balaban J connectivity index is 1.67. The van der Waals surface area contributed by atoms with E-state index >= 15 is 0 Å². The van der Waals surface area contributed by atoms with Crippen molar-refractivity contribution in [3.05, 3.63) is 89.7 Å². The highest BCUT2D eigenvalue weighted by atomic mass is 19.4. The van der Waals surface area contributed by atoms with E-state index in [-0.39, 0.29) is 5.56 Å². The molecule has 192 valence electrons. The van der Waals surface area contributed by atoms with Crippen molar-refractivity contribution in [3.63, 3.8) is 0 Å². The Hall–Kier alpha value is -3.91. The van der Waals surface area contributed by atoms with Gasteiger partial charge in [-0.2, -0.15) is 13.2 Å². The number of rotatable bonds is 7. The number of carbonyl (C=O) groups is 1. The first kappa shape index (κ1) is 26.2. The number of carbonyl (C=O) groups excluding carboxylic acids is 1. The maximum atomic E-state index is 13.5. The average Bonchev–Trinajstić information content (AvgIpc) is 2.87. The molecule has 0 saturated carbocycles. The Kier molecular flexibility index (Phi) is 7.50. The number of pyridine rings is 1. The predicted molar refractivity (Wildman–Crippen MR) is 143 cm³/mol. The SMILES string of the molecule is Cc1ccc(NC(=O)c2cc(C(F)(F)F)ccc2N(C)CCN(C)C)cc1-c1ccc2ccncc2c1. The maximum Gasteiger partial charge on any atom is 0.416 e. The molecule has 0 spiro atoms. The van der Waals surface area contributed by atoms with Crippen LogP contribution in [0.2, 0.25) is 0 Å². The normalized spacial score (nSPS) is 11.7. The molecular weight excluding hydrogens is 477 g/mol. The minimum Gasteiger partial charge on any atom is -0.373 e. The number of anilines is 2. The molecule has 0 aliphatic rings. The van der Waals surface area contributed by atoms with E-state index in [1.54, 1.807) is 30.4 Å². The number of hydrogen-bond donors (Lipinski definition) is 1. The van der Waals surface area contributed by atoms with E-state index < -0.39 is 17.6 Å². The molecule has 0 bridgehead atoms. The van der Waals surface area contributed by atoms with E-state index in [1.165, 1.54) is 6.07 Å². The molecule has 1 N–H and O–H groups in total. The molecule has 1 heterocycles. The lowest BCUT2D eigenvalue weighted by molar-refractivity contribution is -0.137. The standard InChI is InChI=1S/C29H29F3N4O/c1-19-5-9-24(17-25(19)21-7-6-20-11-12-33-18-22(20)15-21)34-28(37)26-16-23(29(30,31)32)8-10-27(26)36(4)14-13-35(2)3/h5-12,15-18H,13-14H2,1-4H3,(H,34,37). The number of alkyl halides is 3. The molecule has 1 aromatic heterocycles. The summed E-state index contributed by atoms with van der Waals surface area (Å²) in [5, 5.41) is 4.87. The van der Waals surface area contributed by atoms with Gasteiger partial charge < -0.3 is 15.1 Å². The molecular formula is C29H29F3N4O. The zero-order chi connectivity index (χ0) is 26.7. The van der Waals surface area contributed by atoms with Crippen molar-refractivity contribution in [2.45, 2.75) is 13.1 Å². The summed E-state index contributed by atoms with van der Waals surface area (Å²) in [5.41, 5.74) is 2.90. The van der Waals surface area contributed by atoms with Gasteiger partial charge in [0.05, 0.1) is 11.1 Å². The number of likely N-dealkylation sites (N-methyl/N-ethyl adjacent to an activating group) is 2. The third-order valence-corrected chi connectivity index (χ3v) is 6.31. The third-order valence-electron chi connectivity index (χ3n) is 6.31. The van der Waals surface area contributed by atoms with Crippen molar-refractivity contribution in [2.24, 2.45) is 0 Å². The van der Waals surface area contributed by atoms with E-state index in [4.69, 9.17) is 0 Å². The molecule has 3 aromatic carbocycles. The van der Waals surface area contributed by atoms with Crippen molar-refractivity contribution in [1.29, 1.82) is 0 Å². The van der Waals surface area contributed by atoms with E-state index in [9.17, 15) is 18.0 Å². The van der Waals surface area contributed by atoms with Gasteiger partial charge in [-0.05, 0) is 85.6 Å². The van der Waals surface area contributed by atoms with E-state index in [1.807, 2.05) is 62.3 Å². The zero-order valence-electron chi connectivity index (χ0n) is 21.2. The lowest BCUT2D eigenvalue weighted by Crippen LogP contribution is -2.30. The number of aryl methyl sites for hydroxylation is 1. The van der Waals surface area contributed by atoms with Crippen molar-refractivity contribution >= 4 is 28.1 Å². The first-order valence-corrected chi connectivity index (χ1v) is 11.9. The molecule has 0 aliphatic heterocycles. The topological polar surface area (TPSA) is 48.5 Å². The van der Waals surface area contributed by atoms with E-state index in [0.29, 0.717) is 24.5 Å². The first-order valence-electron chi connectivity index (χ1n) is 11.9. The van der Waals surface area contributed by atoms with Gasteiger partial charge in [-0.15, -0.1) is 0 Å². The van der Waals surface area contributed by atoms with Crippen LogP contribution in [-0.2, 0) is 6.18 Å². The summed E-state index contributed by atoms with van der Waals surface area (Å²) in [5.74, 6) is -0.602. The second-order valence-corrected chi connectivity index (χ2v) is 9.38. The third kappa shape index (κ3) is 6.09. The van der Waals surface area contributed by atoms with Gasteiger partial charge >= 0.3 is 6.18 Å². The highest BCUT2D eigenvalue weighted by Gasteiger charge is 2.32. The molecule has 0 atom stereocenters.